The fraction of sp³-hybridized carbons (Fsp3) is 0.357. The number of ether oxygens (including phenoxy) is 1. The largest absolute Gasteiger partial charge is 0.434 e. The van der Waals surface area contributed by atoms with E-state index in [1.165, 1.54) is 4.57 Å². The molecule has 0 saturated carbocycles. The molecule has 41 heavy (non-hydrogen) atoms. The minimum absolute atomic E-state index is 0.180. The predicted molar refractivity (Wildman–Crippen MR) is 145 cm³/mol. The van der Waals surface area contributed by atoms with Gasteiger partial charge < -0.3 is 14.6 Å². The molecule has 212 valence electrons. The molecular formula is C28H28F3N9O. The van der Waals surface area contributed by atoms with Crippen molar-refractivity contribution in [2.24, 2.45) is 0 Å². The van der Waals surface area contributed by atoms with E-state index in [0.717, 1.165) is 35.9 Å². The quantitative estimate of drug-likeness (QED) is 0.275. The van der Waals surface area contributed by atoms with Gasteiger partial charge in [-0.05, 0) is 32.3 Å². The number of benzene rings is 1. The number of anilines is 1. The third-order valence-corrected chi connectivity index (χ3v) is 7.10. The van der Waals surface area contributed by atoms with Crippen LogP contribution < -0.4 is 5.32 Å². The van der Waals surface area contributed by atoms with E-state index in [4.69, 9.17) is 9.72 Å². The number of hydrogen-bond acceptors (Lipinski definition) is 8. The number of aromatic nitrogens is 8. The maximum Gasteiger partial charge on any atom is 0.434 e. The second-order valence-corrected chi connectivity index (χ2v) is 10.2. The van der Waals surface area contributed by atoms with Gasteiger partial charge in [0.25, 0.3) is 0 Å². The van der Waals surface area contributed by atoms with Crippen molar-refractivity contribution in [1.82, 2.24) is 39.1 Å². The maximum absolute atomic E-state index is 13.3. The molecule has 1 N–H and O–H groups in total. The molecule has 1 aliphatic rings. The average Bonchev–Trinajstić information content (AvgIpc) is 3.65. The van der Waals surface area contributed by atoms with Gasteiger partial charge in [0.1, 0.15) is 12.2 Å². The van der Waals surface area contributed by atoms with Crippen molar-refractivity contribution in [3.8, 4) is 22.8 Å². The van der Waals surface area contributed by atoms with Crippen LogP contribution in [0.1, 0.15) is 55.6 Å². The number of fused-ring (bicyclic) bond motifs is 1. The number of imidazole rings is 2. The van der Waals surface area contributed by atoms with E-state index in [-0.39, 0.29) is 17.8 Å². The molecule has 6 rings (SSSR count). The highest BCUT2D eigenvalue weighted by Gasteiger charge is 2.35. The highest BCUT2D eigenvalue weighted by atomic mass is 19.4. The molecule has 5 aromatic rings. The first-order chi connectivity index (χ1) is 19.8. The lowest BCUT2D eigenvalue weighted by Crippen LogP contribution is -2.17. The molecular weight excluding hydrogens is 535 g/mol. The van der Waals surface area contributed by atoms with Gasteiger partial charge in [0.2, 0.25) is 0 Å². The molecule has 0 atom stereocenters. The maximum atomic E-state index is 13.3. The number of nitrogens with one attached hydrogen (secondary N) is 1. The van der Waals surface area contributed by atoms with Gasteiger partial charge in [0, 0.05) is 62.1 Å². The van der Waals surface area contributed by atoms with Crippen LogP contribution in [0.3, 0.4) is 0 Å². The third-order valence-electron chi connectivity index (χ3n) is 7.10. The molecule has 1 aliphatic heterocycles. The summed E-state index contributed by atoms with van der Waals surface area (Å²) in [6, 6.07) is 7.08. The van der Waals surface area contributed by atoms with Crippen LogP contribution in [0.5, 0.6) is 0 Å². The zero-order chi connectivity index (χ0) is 28.6. The van der Waals surface area contributed by atoms with Gasteiger partial charge in [-0.2, -0.15) is 13.2 Å². The van der Waals surface area contributed by atoms with Gasteiger partial charge in [-0.1, -0.05) is 24.3 Å². The highest BCUT2D eigenvalue weighted by Crippen LogP contribution is 2.34. The van der Waals surface area contributed by atoms with E-state index < -0.39 is 11.9 Å². The van der Waals surface area contributed by atoms with Crippen molar-refractivity contribution in [2.75, 3.05) is 18.5 Å². The Morgan fingerprint density at radius 2 is 1.85 bits per heavy atom. The van der Waals surface area contributed by atoms with E-state index in [0.29, 0.717) is 42.6 Å². The van der Waals surface area contributed by atoms with E-state index in [2.05, 4.69) is 30.4 Å². The third kappa shape index (κ3) is 5.49. The van der Waals surface area contributed by atoms with Gasteiger partial charge in [-0.15, -0.1) is 5.10 Å². The smallest absolute Gasteiger partial charge is 0.381 e. The molecule has 1 saturated heterocycles. The molecule has 0 amide bonds. The average molecular weight is 564 g/mol. The summed E-state index contributed by atoms with van der Waals surface area (Å²) < 4.78 is 48.7. The summed E-state index contributed by atoms with van der Waals surface area (Å²) in [4.78, 5) is 21.9. The Hall–Kier alpha value is -4.39. The molecule has 5 heterocycles. The van der Waals surface area contributed by atoms with Crippen LogP contribution in [0.25, 0.3) is 28.4 Å². The first-order valence-electron chi connectivity index (χ1n) is 13.4. The van der Waals surface area contributed by atoms with Crippen molar-refractivity contribution in [2.45, 2.75) is 51.4 Å². The highest BCUT2D eigenvalue weighted by molar-refractivity contribution is 5.67. The lowest BCUT2D eigenvalue weighted by molar-refractivity contribution is -0.140. The van der Waals surface area contributed by atoms with E-state index >= 15 is 0 Å². The van der Waals surface area contributed by atoms with Crippen LogP contribution in [-0.4, -0.2) is 52.3 Å². The Morgan fingerprint density at radius 3 is 2.59 bits per heavy atom. The summed E-state index contributed by atoms with van der Waals surface area (Å²) in [5, 5.41) is 8.01. The zero-order valence-corrected chi connectivity index (χ0v) is 22.5. The van der Waals surface area contributed by atoms with Gasteiger partial charge in [-0.3, -0.25) is 0 Å². The minimum atomic E-state index is -4.51. The van der Waals surface area contributed by atoms with Gasteiger partial charge in [0.15, 0.2) is 23.0 Å². The summed E-state index contributed by atoms with van der Waals surface area (Å²) in [6.07, 6.45) is 4.98. The van der Waals surface area contributed by atoms with Crippen LogP contribution in [0.4, 0.5) is 19.0 Å². The Balaban J connectivity index is 1.26. The molecule has 13 heteroatoms. The van der Waals surface area contributed by atoms with Crippen LogP contribution in [0.15, 0.2) is 55.4 Å². The van der Waals surface area contributed by atoms with Gasteiger partial charge in [-0.25, -0.2) is 29.4 Å². The fourth-order valence-corrected chi connectivity index (χ4v) is 4.96. The molecule has 0 spiro atoms. The number of hydrogen-bond donors (Lipinski definition) is 1. The lowest BCUT2D eigenvalue weighted by atomic mass is 9.93. The first kappa shape index (κ1) is 26.8. The van der Waals surface area contributed by atoms with Crippen molar-refractivity contribution in [1.29, 1.82) is 0 Å². The summed E-state index contributed by atoms with van der Waals surface area (Å²) in [5.74, 6) is 1.53. The fourth-order valence-electron chi connectivity index (χ4n) is 4.96. The molecule has 0 aliphatic carbocycles. The van der Waals surface area contributed by atoms with Crippen molar-refractivity contribution >= 4 is 11.5 Å². The minimum Gasteiger partial charge on any atom is -0.381 e. The summed E-state index contributed by atoms with van der Waals surface area (Å²) in [7, 11) is 0. The van der Waals surface area contributed by atoms with Crippen LogP contribution >= 0.6 is 0 Å². The summed E-state index contributed by atoms with van der Waals surface area (Å²) >= 11 is 0. The zero-order valence-electron chi connectivity index (χ0n) is 22.5. The predicted octanol–water partition coefficient (Wildman–Crippen LogP) is 5.55. The van der Waals surface area contributed by atoms with E-state index in [1.54, 1.807) is 41.6 Å². The van der Waals surface area contributed by atoms with Crippen LogP contribution in [0, 0.1) is 0 Å². The Morgan fingerprint density at radius 1 is 1.07 bits per heavy atom. The van der Waals surface area contributed by atoms with Crippen molar-refractivity contribution in [3.05, 3.63) is 72.3 Å². The van der Waals surface area contributed by atoms with Gasteiger partial charge in [0.05, 0.1) is 11.3 Å². The first-order valence-corrected chi connectivity index (χ1v) is 13.4. The monoisotopic (exact) mass is 563 g/mol. The lowest BCUT2D eigenvalue weighted by Gasteiger charge is -2.23. The van der Waals surface area contributed by atoms with Crippen molar-refractivity contribution in [3.63, 3.8) is 0 Å². The van der Waals surface area contributed by atoms with Gasteiger partial charge >= 0.3 is 6.18 Å². The summed E-state index contributed by atoms with van der Waals surface area (Å²) in [6.45, 7) is 5.42. The molecule has 10 nitrogen and oxygen atoms in total. The number of rotatable bonds is 7. The molecule has 0 unspecified atom stereocenters. The number of halogens is 3. The van der Waals surface area contributed by atoms with Crippen LogP contribution in [0.2, 0.25) is 0 Å². The second-order valence-electron chi connectivity index (χ2n) is 10.2. The topological polar surface area (TPSA) is 108 Å². The second kappa shape index (κ2) is 10.9. The molecule has 0 radical (unpaired) electrons. The van der Waals surface area contributed by atoms with E-state index in [9.17, 15) is 13.2 Å². The normalized spacial score (nSPS) is 14.7. The Bertz CT molecular complexity index is 1650. The SMILES string of the molecule is CC(C)n1cc(C(F)(F)F)nc1-c1ccc(CNc2nc(-c3cncnc3C3CCOCC3)nn3ccnc23)cc1. The molecule has 1 aromatic carbocycles. The summed E-state index contributed by atoms with van der Waals surface area (Å²) in [5.41, 5.74) is 2.83. The molecule has 4 aromatic heterocycles. The standard InChI is InChI=1S/C28H28F3N9O/c1-17(2)39-15-22(28(29,30)31)36-26(39)20-5-3-18(4-6-20)13-34-25-27-33-9-10-40(27)38-24(37-25)21-14-32-16-35-23(21)19-7-11-41-12-8-19/h3-6,9-10,14-17,19H,7-8,11-13H2,1-2H3,(H,34,37,38). The van der Waals surface area contributed by atoms with Crippen LogP contribution in [-0.2, 0) is 17.5 Å². The Kier molecular flexibility index (Phi) is 7.12. The Labute approximate surface area is 233 Å². The van der Waals surface area contributed by atoms with E-state index in [1.807, 2.05) is 26.0 Å². The number of nitrogens with zero attached hydrogens (tertiary/aromatic N) is 8. The molecule has 0 bridgehead atoms. The van der Waals surface area contributed by atoms with Crippen molar-refractivity contribution < 1.29 is 17.9 Å². The number of alkyl halides is 3. The molecule has 1 fully saturated rings.